The average Bonchev–Trinajstić information content (AvgIpc) is 2.15. The van der Waals surface area contributed by atoms with Crippen LogP contribution in [0.4, 0.5) is 0 Å². The van der Waals surface area contributed by atoms with Gasteiger partial charge in [-0.3, -0.25) is 0 Å². The van der Waals surface area contributed by atoms with Crippen LogP contribution in [0.1, 0.15) is 11.8 Å². The van der Waals surface area contributed by atoms with Crippen molar-refractivity contribution in [3.63, 3.8) is 0 Å². The third-order valence-corrected chi connectivity index (χ3v) is 2.58. The molecule has 56 valence electrons. The van der Waals surface area contributed by atoms with E-state index < -0.39 is 0 Å². The standard InChI is InChI=1S/C7H9ClOS/c1-5(9)4-7-6(8)2-3-10-7/h2-3,5,9H,4H2,1H3/t5-/m1/s1. The Balaban J connectivity index is 2.65. The van der Waals surface area contributed by atoms with E-state index in [2.05, 4.69) is 0 Å². The SMILES string of the molecule is C[C@@H](O)Cc1sccc1Cl. The van der Waals surface area contributed by atoms with Gasteiger partial charge >= 0.3 is 0 Å². The quantitative estimate of drug-likeness (QED) is 0.734. The second-order valence-electron chi connectivity index (χ2n) is 2.24. The van der Waals surface area contributed by atoms with Crippen molar-refractivity contribution < 1.29 is 5.11 Å². The molecule has 0 aromatic carbocycles. The van der Waals surface area contributed by atoms with Crippen LogP contribution < -0.4 is 0 Å². The maximum Gasteiger partial charge on any atom is 0.0560 e. The molecule has 1 nitrogen and oxygen atoms in total. The summed E-state index contributed by atoms with van der Waals surface area (Å²) in [6, 6.07) is 1.85. The van der Waals surface area contributed by atoms with Gasteiger partial charge in [-0.05, 0) is 18.4 Å². The molecule has 1 rings (SSSR count). The third kappa shape index (κ3) is 1.97. The molecule has 1 aromatic heterocycles. The summed E-state index contributed by atoms with van der Waals surface area (Å²) < 4.78 is 0. The maximum atomic E-state index is 9.00. The molecular weight excluding hydrogens is 168 g/mol. The fourth-order valence-electron chi connectivity index (χ4n) is 0.739. The topological polar surface area (TPSA) is 20.2 Å². The summed E-state index contributed by atoms with van der Waals surface area (Å²) in [7, 11) is 0. The summed E-state index contributed by atoms with van der Waals surface area (Å²) >= 11 is 7.37. The zero-order valence-corrected chi connectivity index (χ0v) is 7.25. The van der Waals surface area contributed by atoms with Gasteiger partial charge in [-0.1, -0.05) is 11.6 Å². The molecule has 0 aliphatic heterocycles. The number of aliphatic hydroxyl groups is 1. The highest BCUT2D eigenvalue weighted by Crippen LogP contribution is 2.22. The van der Waals surface area contributed by atoms with Gasteiger partial charge < -0.3 is 5.11 Å². The summed E-state index contributed by atoms with van der Waals surface area (Å²) in [6.45, 7) is 1.76. The molecule has 0 saturated heterocycles. The van der Waals surface area contributed by atoms with Crippen molar-refractivity contribution in [3.05, 3.63) is 21.3 Å². The van der Waals surface area contributed by atoms with Crippen LogP contribution in [-0.2, 0) is 6.42 Å². The van der Waals surface area contributed by atoms with Crippen LogP contribution in [0.5, 0.6) is 0 Å². The van der Waals surface area contributed by atoms with Gasteiger partial charge in [-0.15, -0.1) is 11.3 Å². The molecule has 0 spiro atoms. The van der Waals surface area contributed by atoms with Crippen LogP contribution in [0.3, 0.4) is 0 Å². The zero-order valence-electron chi connectivity index (χ0n) is 5.67. The highest BCUT2D eigenvalue weighted by Gasteiger charge is 2.03. The molecular formula is C7H9ClOS. The zero-order chi connectivity index (χ0) is 7.56. The fraction of sp³-hybridized carbons (Fsp3) is 0.429. The van der Waals surface area contributed by atoms with Crippen LogP contribution in [0.15, 0.2) is 11.4 Å². The number of hydrogen-bond donors (Lipinski definition) is 1. The number of rotatable bonds is 2. The van der Waals surface area contributed by atoms with Crippen LogP contribution in [0.25, 0.3) is 0 Å². The van der Waals surface area contributed by atoms with Crippen molar-refractivity contribution in [2.45, 2.75) is 19.4 Å². The van der Waals surface area contributed by atoms with E-state index in [4.69, 9.17) is 16.7 Å². The minimum atomic E-state index is -0.295. The first kappa shape index (κ1) is 8.05. The Hall–Kier alpha value is -0.0500. The third-order valence-electron chi connectivity index (χ3n) is 1.17. The second-order valence-corrected chi connectivity index (χ2v) is 3.65. The summed E-state index contributed by atoms with van der Waals surface area (Å²) in [5, 5.41) is 11.7. The lowest BCUT2D eigenvalue weighted by molar-refractivity contribution is 0.196. The monoisotopic (exact) mass is 176 g/mol. The van der Waals surface area contributed by atoms with Gasteiger partial charge in [0.1, 0.15) is 0 Å². The first-order valence-electron chi connectivity index (χ1n) is 3.10. The lowest BCUT2D eigenvalue weighted by Crippen LogP contribution is -2.02. The molecule has 1 aromatic rings. The van der Waals surface area contributed by atoms with Crippen molar-refractivity contribution in [3.8, 4) is 0 Å². The summed E-state index contributed by atoms with van der Waals surface area (Å²) in [6.07, 6.45) is 0.368. The number of halogens is 1. The van der Waals surface area contributed by atoms with Gasteiger partial charge in [0.15, 0.2) is 0 Å². The molecule has 3 heteroatoms. The second kappa shape index (κ2) is 3.37. The molecule has 0 saturated carbocycles. The fourth-order valence-corrected chi connectivity index (χ4v) is 1.97. The van der Waals surface area contributed by atoms with Gasteiger partial charge in [0, 0.05) is 11.3 Å². The van der Waals surface area contributed by atoms with E-state index in [1.54, 1.807) is 18.3 Å². The minimum absolute atomic E-state index is 0.295. The van der Waals surface area contributed by atoms with Gasteiger partial charge in [0.05, 0.1) is 11.1 Å². The van der Waals surface area contributed by atoms with Crippen molar-refractivity contribution >= 4 is 22.9 Å². The molecule has 0 aliphatic rings. The van der Waals surface area contributed by atoms with Crippen LogP contribution in [0.2, 0.25) is 5.02 Å². The van der Waals surface area contributed by atoms with Crippen LogP contribution in [-0.4, -0.2) is 11.2 Å². The van der Waals surface area contributed by atoms with E-state index in [-0.39, 0.29) is 6.10 Å². The van der Waals surface area contributed by atoms with E-state index in [0.29, 0.717) is 6.42 Å². The molecule has 0 radical (unpaired) electrons. The molecule has 1 heterocycles. The first-order valence-corrected chi connectivity index (χ1v) is 4.36. The van der Waals surface area contributed by atoms with Gasteiger partial charge in [0.25, 0.3) is 0 Å². The lowest BCUT2D eigenvalue weighted by atomic mass is 10.2. The Morgan fingerprint density at radius 2 is 2.50 bits per heavy atom. The van der Waals surface area contributed by atoms with E-state index in [0.717, 1.165) is 9.90 Å². The molecule has 0 amide bonds. The predicted molar refractivity (Wildman–Crippen MR) is 44.7 cm³/mol. The molecule has 10 heavy (non-hydrogen) atoms. The Morgan fingerprint density at radius 3 is 2.90 bits per heavy atom. The minimum Gasteiger partial charge on any atom is -0.393 e. The van der Waals surface area contributed by atoms with Gasteiger partial charge in [0.2, 0.25) is 0 Å². The number of thiophene rings is 1. The number of aliphatic hydroxyl groups excluding tert-OH is 1. The van der Waals surface area contributed by atoms with E-state index >= 15 is 0 Å². The van der Waals surface area contributed by atoms with Gasteiger partial charge in [-0.25, -0.2) is 0 Å². The average molecular weight is 177 g/mol. The molecule has 1 N–H and O–H groups in total. The van der Waals surface area contributed by atoms with Gasteiger partial charge in [-0.2, -0.15) is 0 Å². The van der Waals surface area contributed by atoms with Crippen LogP contribution >= 0.6 is 22.9 Å². The molecule has 0 aliphatic carbocycles. The normalized spacial score (nSPS) is 13.5. The van der Waals surface area contributed by atoms with Crippen molar-refractivity contribution in [2.75, 3.05) is 0 Å². The van der Waals surface area contributed by atoms with Crippen LogP contribution in [0, 0.1) is 0 Å². The van der Waals surface area contributed by atoms with E-state index in [9.17, 15) is 0 Å². The Labute approximate surface area is 69.3 Å². The summed E-state index contributed by atoms with van der Waals surface area (Å²) in [5.41, 5.74) is 0. The van der Waals surface area contributed by atoms with E-state index in [1.165, 1.54) is 0 Å². The largest absolute Gasteiger partial charge is 0.393 e. The highest BCUT2D eigenvalue weighted by molar-refractivity contribution is 7.10. The first-order chi connectivity index (χ1) is 4.70. The van der Waals surface area contributed by atoms with E-state index in [1.807, 2.05) is 11.4 Å². The summed E-state index contributed by atoms with van der Waals surface area (Å²) in [4.78, 5) is 1.07. The molecule has 0 fully saturated rings. The Morgan fingerprint density at radius 1 is 1.80 bits per heavy atom. The Kier molecular flexibility index (Phi) is 2.72. The lowest BCUT2D eigenvalue weighted by Gasteiger charge is -2.00. The summed E-state index contributed by atoms with van der Waals surface area (Å²) in [5.74, 6) is 0. The molecule has 0 unspecified atom stereocenters. The highest BCUT2D eigenvalue weighted by atomic mass is 35.5. The maximum absolute atomic E-state index is 9.00. The van der Waals surface area contributed by atoms with Crippen molar-refractivity contribution in [1.82, 2.24) is 0 Å². The molecule has 0 bridgehead atoms. The van der Waals surface area contributed by atoms with Crippen molar-refractivity contribution in [1.29, 1.82) is 0 Å². The number of hydrogen-bond acceptors (Lipinski definition) is 2. The Bertz CT molecular complexity index is 207. The molecule has 1 atom stereocenters. The van der Waals surface area contributed by atoms with Crippen molar-refractivity contribution in [2.24, 2.45) is 0 Å². The predicted octanol–water partition coefficient (Wildman–Crippen LogP) is 2.32. The smallest absolute Gasteiger partial charge is 0.0560 e.